The molecule has 7 heteroatoms. The summed E-state index contributed by atoms with van der Waals surface area (Å²) in [6.45, 7) is 2.53. The molecular weight excluding hydrogens is 323 g/mol. The Morgan fingerprint density at radius 2 is 2.00 bits per heavy atom. The number of halogens is 1. The van der Waals surface area contributed by atoms with Gasteiger partial charge in [-0.15, -0.1) is 0 Å². The Morgan fingerprint density at radius 1 is 1.20 bits per heavy atom. The number of benzene rings is 1. The summed E-state index contributed by atoms with van der Waals surface area (Å²) in [7, 11) is 2.02. The van der Waals surface area contributed by atoms with Gasteiger partial charge in [0.2, 0.25) is 0 Å². The number of hydrogen-bond donors (Lipinski definition) is 0. The number of fused-ring (bicyclic) bond motifs is 1. The maximum Gasteiger partial charge on any atom is 0.263 e. The highest BCUT2D eigenvalue weighted by atomic mass is 19.1. The first-order valence-corrected chi connectivity index (χ1v) is 8.30. The van der Waals surface area contributed by atoms with E-state index in [1.807, 2.05) is 14.0 Å². The number of hydrogen-bond acceptors (Lipinski definition) is 6. The van der Waals surface area contributed by atoms with Crippen molar-refractivity contribution in [3.8, 4) is 0 Å². The van der Waals surface area contributed by atoms with E-state index in [0.29, 0.717) is 12.3 Å². The molecule has 0 N–H and O–H groups in total. The zero-order valence-corrected chi connectivity index (χ0v) is 14.1. The normalized spacial score (nSPS) is 20.8. The molecule has 0 amide bonds. The molecule has 1 fully saturated rings. The number of ether oxygens (including phenoxy) is 1. The lowest BCUT2D eigenvalue weighted by Gasteiger charge is -2.36. The maximum absolute atomic E-state index is 13.2. The van der Waals surface area contributed by atoms with Gasteiger partial charge in [-0.25, -0.2) is 9.37 Å². The first kappa shape index (κ1) is 16.0. The van der Waals surface area contributed by atoms with Gasteiger partial charge in [0.25, 0.3) is 5.71 Å². The molecular formula is C18H19FN4O2. The lowest BCUT2D eigenvalue weighted by atomic mass is 9.96. The van der Waals surface area contributed by atoms with Gasteiger partial charge in [-0.1, -0.05) is 17.3 Å². The van der Waals surface area contributed by atoms with Crippen LogP contribution in [0.3, 0.4) is 0 Å². The fourth-order valence-electron chi connectivity index (χ4n) is 3.39. The van der Waals surface area contributed by atoms with E-state index in [1.165, 1.54) is 18.5 Å². The number of rotatable bonds is 3. The largest absolute Gasteiger partial charge is 0.373 e. The lowest BCUT2D eigenvalue weighted by Crippen LogP contribution is -2.38. The molecule has 0 aliphatic carbocycles. The van der Waals surface area contributed by atoms with Crippen molar-refractivity contribution in [2.75, 3.05) is 18.6 Å². The molecule has 1 aliphatic rings. The zero-order valence-electron chi connectivity index (χ0n) is 14.1. The van der Waals surface area contributed by atoms with E-state index in [2.05, 4.69) is 20.0 Å². The molecule has 0 spiro atoms. The molecule has 6 nitrogen and oxygen atoms in total. The van der Waals surface area contributed by atoms with Crippen molar-refractivity contribution in [2.24, 2.45) is 0 Å². The van der Waals surface area contributed by atoms with Crippen LogP contribution in [0.1, 0.15) is 30.2 Å². The van der Waals surface area contributed by atoms with E-state index in [0.717, 1.165) is 35.3 Å². The van der Waals surface area contributed by atoms with Crippen LogP contribution in [0.25, 0.3) is 11.1 Å². The highest BCUT2D eigenvalue weighted by Gasteiger charge is 2.29. The molecule has 4 rings (SSSR count). The fourth-order valence-corrected chi connectivity index (χ4v) is 3.39. The summed E-state index contributed by atoms with van der Waals surface area (Å²) in [6, 6.07) is 6.77. The Bertz CT molecular complexity index is 880. The lowest BCUT2D eigenvalue weighted by molar-refractivity contribution is 0.00583. The highest BCUT2D eigenvalue weighted by Crippen LogP contribution is 2.34. The number of aryl methyl sites for hydroxylation is 1. The monoisotopic (exact) mass is 342 g/mol. The Hall–Kier alpha value is -2.54. The average Bonchev–Trinajstić information content (AvgIpc) is 3.03. The summed E-state index contributed by atoms with van der Waals surface area (Å²) >= 11 is 0. The predicted octanol–water partition coefficient (Wildman–Crippen LogP) is 3.42. The van der Waals surface area contributed by atoms with Crippen molar-refractivity contribution in [1.82, 2.24) is 15.1 Å². The molecule has 3 aromatic rings. The summed E-state index contributed by atoms with van der Waals surface area (Å²) in [5.41, 5.74) is 2.27. The Kier molecular flexibility index (Phi) is 4.09. The SMILES string of the molecule is Cc1noc2ncnc(N(C)[C@@H]3CCO[C@@H](c4ccc(F)cc4)C3)c12. The van der Waals surface area contributed by atoms with E-state index >= 15 is 0 Å². The Labute approximate surface area is 144 Å². The van der Waals surface area contributed by atoms with E-state index in [9.17, 15) is 4.39 Å². The standard InChI is InChI=1S/C18H19FN4O2/c1-11-16-17(20-10-21-18(16)25-22-11)23(2)14-7-8-24-15(9-14)12-3-5-13(19)6-4-12/h3-6,10,14-15H,7-9H2,1-2H3/t14-,15-/m1/s1. The first-order chi connectivity index (χ1) is 12.1. The predicted molar refractivity (Wildman–Crippen MR) is 90.9 cm³/mol. The zero-order chi connectivity index (χ0) is 17.4. The second-order valence-electron chi connectivity index (χ2n) is 6.35. The van der Waals surface area contributed by atoms with Crippen LogP contribution in [-0.2, 0) is 4.74 Å². The quantitative estimate of drug-likeness (QED) is 0.727. The summed E-state index contributed by atoms with van der Waals surface area (Å²) in [5.74, 6) is 0.577. The third-order valence-electron chi connectivity index (χ3n) is 4.80. The van der Waals surface area contributed by atoms with Gasteiger partial charge in [-0.2, -0.15) is 4.98 Å². The van der Waals surface area contributed by atoms with Crippen LogP contribution < -0.4 is 4.90 Å². The molecule has 3 heterocycles. The number of anilines is 1. The minimum atomic E-state index is -0.237. The van der Waals surface area contributed by atoms with Crippen LogP contribution in [0.5, 0.6) is 0 Å². The van der Waals surface area contributed by atoms with Gasteiger partial charge in [-0.05, 0) is 37.5 Å². The van der Waals surface area contributed by atoms with Gasteiger partial charge in [-0.3, -0.25) is 0 Å². The van der Waals surface area contributed by atoms with Gasteiger partial charge >= 0.3 is 0 Å². The molecule has 0 bridgehead atoms. The summed E-state index contributed by atoms with van der Waals surface area (Å²) in [4.78, 5) is 10.7. The molecule has 1 aliphatic heterocycles. The van der Waals surface area contributed by atoms with Gasteiger partial charge in [0, 0.05) is 19.7 Å². The third kappa shape index (κ3) is 2.95. The fraction of sp³-hybridized carbons (Fsp3) is 0.389. The van der Waals surface area contributed by atoms with Crippen molar-refractivity contribution in [3.05, 3.63) is 47.7 Å². The van der Waals surface area contributed by atoms with E-state index in [1.54, 1.807) is 12.1 Å². The summed E-state index contributed by atoms with van der Waals surface area (Å²) in [5, 5.41) is 4.83. The van der Waals surface area contributed by atoms with E-state index in [4.69, 9.17) is 9.26 Å². The second kappa shape index (κ2) is 6.40. The van der Waals surface area contributed by atoms with Crippen LogP contribution in [0.2, 0.25) is 0 Å². The molecule has 0 saturated carbocycles. The molecule has 25 heavy (non-hydrogen) atoms. The molecule has 1 aromatic carbocycles. The Balaban J connectivity index is 1.60. The smallest absolute Gasteiger partial charge is 0.263 e. The van der Waals surface area contributed by atoms with Crippen LogP contribution in [0, 0.1) is 12.7 Å². The van der Waals surface area contributed by atoms with Crippen LogP contribution >= 0.6 is 0 Å². The average molecular weight is 342 g/mol. The molecule has 1 saturated heterocycles. The van der Waals surface area contributed by atoms with Gasteiger partial charge < -0.3 is 14.2 Å². The number of aromatic nitrogens is 3. The minimum absolute atomic E-state index is 0.0531. The second-order valence-corrected chi connectivity index (χ2v) is 6.35. The maximum atomic E-state index is 13.2. The van der Waals surface area contributed by atoms with Gasteiger partial charge in [0.1, 0.15) is 23.3 Å². The van der Waals surface area contributed by atoms with Gasteiger partial charge in [0.05, 0.1) is 11.8 Å². The van der Waals surface area contributed by atoms with Crippen molar-refractivity contribution in [1.29, 1.82) is 0 Å². The third-order valence-corrected chi connectivity index (χ3v) is 4.80. The molecule has 130 valence electrons. The van der Waals surface area contributed by atoms with Crippen LogP contribution in [0.4, 0.5) is 10.2 Å². The minimum Gasteiger partial charge on any atom is -0.373 e. The van der Waals surface area contributed by atoms with Crippen LogP contribution in [-0.4, -0.2) is 34.8 Å². The van der Waals surface area contributed by atoms with Crippen molar-refractivity contribution < 1.29 is 13.7 Å². The van der Waals surface area contributed by atoms with Crippen molar-refractivity contribution in [2.45, 2.75) is 31.9 Å². The molecule has 0 radical (unpaired) electrons. The summed E-state index contributed by atoms with van der Waals surface area (Å²) in [6.07, 6.45) is 3.14. The van der Waals surface area contributed by atoms with Crippen molar-refractivity contribution >= 4 is 16.9 Å². The topological polar surface area (TPSA) is 64.3 Å². The molecule has 2 atom stereocenters. The Morgan fingerprint density at radius 3 is 2.80 bits per heavy atom. The van der Waals surface area contributed by atoms with E-state index in [-0.39, 0.29) is 18.0 Å². The highest BCUT2D eigenvalue weighted by molar-refractivity contribution is 5.87. The first-order valence-electron chi connectivity index (χ1n) is 8.30. The number of nitrogens with zero attached hydrogens (tertiary/aromatic N) is 4. The summed E-state index contributed by atoms with van der Waals surface area (Å²) < 4.78 is 24.3. The van der Waals surface area contributed by atoms with Crippen molar-refractivity contribution in [3.63, 3.8) is 0 Å². The molecule has 2 aromatic heterocycles. The van der Waals surface area contributed by atoms with Crippen LogP contribution in [0.15, 0.2) is 35.1 Å². The molecule has 0 unspecified atom stereocenters. The van der Waals surface area contributed by atoms with Gasteiger partial charge in [0.15, 0.2) is 0 Å². The van der Waals surface area contributed by atoms with E-state index < -0.39 is 0 Å².